The molecule has 0 aliphatic carbocycles. The van der Waals surface area contributed by atoms with E-state index in [0.717, 1.165) is 5.52 Å². The van der Waals surface area contributed by atoms with E-state index in [0.29, 0.717) is 5.52 Å². The number of nitrogens with zero attached hydrogens (tertiary/aromatic N) is 2. The summed E-state index contributed by atoms with van der Waals surface area (Å²) in [6.07, 6.45) is 0. The van der Waals surface area contributed by atoms with Crippen LogP contribution in [0.15, 0.2) is 58.2 Å². The normalized spacial score (nSPS) is 11.9. The molecule has 142 valence electrons. The van der Waals surface area contributed by atoms with Crippen LogP contribution < -0.4 is 11.0 Å². The van der Waals surface area contributed by atoms with Crippen molar-refractivity contribution in [2.45, 2.75) is 30.5 Å². The van der Waals surface area contributed by atoms with E-state index >= 15 is 0 Å². The Hall–Kier alpha value is -2.87. The fourth-order valence-electron chi connectivity index (χ4n) is 2.92. The van der Waals surface area contributed by atoms with Crippen LogP contribution in [-0.4, -0.2) is 28.7 Å². The molecule has 3 rings (SSSR count). The summed E-state index contributed by atoms with van der Waals surface area (Å²) in [6.45, 7) is 2.96. The first-order chi connectivity index (χ1) is 12.7. The zero-order chi connectivity index (χ0) is 19.8. The van der Waals surface area contributed by atoms with Crippen LogP contribution in [0, 0.1) is 0 Å². The van der Waals surface area contributed by atoms with Gasteiger partial charge in [-0.25, -0.2) is 13.2 Å². The van der Waals surface area contributed by atoms with Gasteiger partial charge >= 0.3 is 5.69 Å². The molecule has 0 spiro atoms. The van der Waals surface area contributed by atoms with Crippen LogP contribution in [0.1, 0.15) is 13.8 Å². The van der Waals surface area contributed by atoms with Crippen LogP contribution >= 0.6 is 0 Å². The highest BCUT2D eigenvalue weighted by Crippen LogP contribution is 2.24. The van der Waals surface area contributed by atoms with Crippen molar-refractivity contribution < 1.29 is 13.2 Å². The Morgan fingerprint density at radius 3 is 2.30 bits per heavy atom. The van der Waals surface area contributed by atoms with Crippen molar-refractivity contribution in [2.75, 3.05) is 5.32 Å². The number of hydrogen-bond acceptors (Lipinski definition) is 4. The fraction of sp³-hybridized carbons (Fsp3) is 0.263. The number of imidazole rings is 1. The quantitative estimate of drug-likeness (QED) is 0.726. The molecule has 1 aromatic heterocycles. The lowest BCUT2D eigenvalue weighted by Gasteiger charge is -2.14. The van der Waals surface area contributed by atoms with Crippen molar-refractivity contribution >= 4 is 32.5 Å². The molecule has 0 radical (unpaired) electrons. The summed E-state index contributed by atoms with van der Waals surface area (Å²) >= 11 is 0. The predicted octanol–water partition coefficient (Wildman–Crippen LogP) is 2.16. The summed E-state index contributed by atoms with van der Waals surface area (Å²) in [7, 11) is -1.91. The van der Waals surface area contributed by atoms with Crippen LogP contribution in [0.2, 0.25) is 0 Å². The number of aryl methyl sites for hydroxylation is 1. The van der Waals surface area contributed by atoms with Gasteiger partial charge in [-0.2, -0.15) is 0 Å². The van der Waals surface area contributed by atoms with Gasteiger partial charge in [0.1, 0.15) is 6.54 Å². The molecule has 0 saturated carbocycles. The molecule has 7 nitrogen and oxygen atoms in total. The Morgan fingerprint density at radius 2 is 1.63 bits per heavy atom. The van der Waals surface area contributed by atoms with Crippen molar-refractivity contribution in [2.24, 2.45) is 7.05 Å². The number of carbonyl (C=O) groups excluding carboxylic acids is 1. The topological polar surface area (TPSA) is 90.2 Å². The van der Waals surface area contributed by atoms with Gasteiger partial charge < -0.3 is 5.32 Å². The van der Waals surface area contributed by atoms with Crippen LogP contribution in [0.3, 0.4) is 0 Å². The highest BCUT2D eigenvalue weighted by molar-refractivity contribution is 7.92. The number of anilines is 1. The molecule has 0 fully saturated rings. The highest BCUT2D eigenvalue weighted by Gasteiger charge is 2.23. The summed E-state index contributed by atoms with van der Waals surface area (Å²) in [5, 5.41) is 2.02. The lowest BCUT2D eigenvalue weighted by atomic mass is 10.3. The minimum Gasteiger partial charge on any atom is -0.323 e. The lowest BCUT2D eigenvalue weighted by molar-refractivity contribution is -0.116. The molecule has 0 aliphatic heterocycles. The molecule has 0 aliphatic rings. The summed E-state index contributed by atoms with van der Waals surface area (Å²) in [5.74, 6) is -0.472. The molecule has 8 heteroatoms. The van der Waals surface area contributed by atoms with Crippen molar-refractivity contribution in [3.05, 3.63) is 59.0 Å². The highest BCUT2D eigenvalue weighted by atomic mass is 32.2. The maximum absolute atomic E-state index is 12.6. The van der Waals surface area contributed by atoms with Crippen molar-refractivity contribution in [1.82, 2.24) is 9.13 Å². The van der Waals surface area contributed by atoms with Crippen molar-refractivity contribution in [3.63, 3.8) is 0 Å². The first-order valence-electron chi connectivity index (χ1n) is 8.50. The minimum atomic E-state index is -3.55. The van der Waals surface area contributed by atoms with E-state index in [9.17, 15) is 18.0 Å². The number of nitrogens with one attached hydrogen (secondary N) is 1. The molecule has 0 saturated heterocycles. The van der Waals surface area contributed by atoms with E-state index in [1.54, 1.807) is 57.3 Å². The van der Waals surface area contributed by atoms with Gasteiger partial charge in [0.2, 0.25) is 5.91 Å². The van der Waals surface area contributed by atoms with Gasteiger partial charge in [0.05, 0.1) is 26.9 Å². The molecule has 27 heavy (non-hydrogen) atoms. The average Bonchev–Trinajstić information content (AvgIpc) is 2.87. The van der Waals surface area contributed by atoms with Crippen LogP contribution in [0.4, 0.5) is 5.69 Å². The zero-order valence-corrected chi connectivity index (χ0v) is 16.2. The molecular weight excluding hydrogens is 366 g/mol. The monoisotopic (exact) mass is 387 g/mol. The maximum atomic E-state index is 12.6. The second-order valence-electron chi connectivity index (χ2n) is 6.55. The molecule has 2 aromatic carbocycles. The SMILES string of the molecule is CC(C)S(=O)(=O)c1ccccc1NC(=O)Cn1c(=O)n(C)c2ccccc21. The van der Waals surface area contributed by atoms with E-state index in [2.05, 4.69) is 5.32 Å². The largest absolute Gasteiger partial charge is 0.329 e. The smallest absolute Gasteiger partial charge is 0.323 e. The van der Waals surface area contributed by atoms with E-state index < -0.39 is 21.0 Å². The third-order valence-electron chi connectivity index (χ3n) is 4.44. The van der Waals surface area contributed by atoms with Crippen LogP contribution in [-0.2, 0) is 28.2 Å². The number of benzene rings is 2. The first kappa shape index (κ1) is 18.9. The molecule has 0 bridgehead atoms. The fourth-order valence-corrected chi connectivity index (χ4v) is 4.12. The number of rotatable bonds is 5. The average molecular weight is 387 g/mol. The number of hydrogen-bond donors (Lipinski definition) is 1. The number of aromatic nitrogens is 2. The van der Waals surface area contributed by atoms with E-state index in [4.69, 9.17) is 0 Å². The van der Waals surface area contributed by atoms with Crippen LogP contribution in [0.5, 0.6) is 0 Å². The number of carbonyl (C=O) groups is 1. The van der Waals surface area contributed by atoms with Gasteiger partial charge in [0.25, 0.3) is 0 Å². The minimum absolute atomic E-state index is 0.0682. The predicted molar refractivity (Wildman–Crippen MR) is 105 cm³/mol. The summed E-state index contributed by atoms with van der Waals surface area (Å²) in [4.78, 5) is 25.1. The third kappa shape index (κ3) is 3.40. The van der Waals surface area contributed by atoms with Crippen molar-refractivity contribution in [1.29, 1.82) is 0 Å². The maximum Gasteiger partial charge on any atom is 0.329 e. The Balaban J connectivity index is 1.93. The van der Waals surface area contributed by atoms with Gasteiger partial charge in [-0.3, -0.25) is 13.9 Å². The number of fused-ring (bicyclic) bond motifs is 1. The molecule has 3 aromatic rings. The van der Waals surface area contributed by atoms with E-state index in [1.165, 1.54) is 15.2 Å². The molecule has 1 N–H and O–H groups in total. The Kier molecular flexibility index (Phi) is 4.93. The van der Waals surface area contributed by atoms with Crippen molar-refractivity contribution in [3.8, 4) is 0 Å². The number of sulfone groups is 1. The Morgan fingerprint density at radius 1 is 1.04 bits per heavy atom. The Labute approximate surface area is 157 Å². The van der Waals surface area contributed by atoms with Gasteiger partial charge in [-0.05, 0) is 38.1 Å². The number of amides is 1. The van der Waals surface area contributed by atoms with Crippen LogP contribution in [0.25, 0.3) is 11.0 Å². The second-order valence-corrected chi connectivity index (χ2v) is 9.03. The molecule has 1 amide bonds. The summed E-state index contributed by atoms with van der Waals surface area (Å²) < 4.78 is 27.9. The molecular formula is C19H21N3O4S. The number of para-hydroxylation sites is 3. The standard InChI is InChI=1S/C19H21N3O4S/c1-13(2)27(25,26)17-11-7-4-8-14(17)20-18(23)12-22-16-10-6-5-9-15(16)21(3)19(22)24/h4-11,13H,12H2,1-3H3,(H,20,23). The molecule has 1 heterocycles. The molecule has 0 atom stereocenters. The zero-order valence-electron chi connectivity index (χ0n) is 15.3. The van der Waals surface area contributed by atoms with E-state index in [1.807, 2.05) is 6.07 Å². The molecule has 0 unspecified atom stereocenters. The summed E-state index contributed by atoms with van der Waals surface area (Å²) in [6, 6.07) is 13.4. The first-order valence-corrected chi connectivity index (χ1v) is 10.0. The Bertz CT molecular complexity index is 1170. The lowest BCUT2D eigenvalue weighted by Crippen LogP contribution is -2.29. The summed E-state index contributed by atoms with van der Waals surface area (Å²) in [5.41, 5.74) is 1.26. The van der Waals surface area contributed by atoms with Gasteiger partial charge in [-0.1, -0.05) is 24.3 Å². The third-order valence-corrected chi connectivity index (χ3v) is 6.65. The van der Waals surface area contributed by atoms with E-state index in [-0.39, 0.29) is 22.8 Å². The van der Waals surface area contributed by atoms with Gasteiger partial charge in [-0.15, -0.1) is 0 Å². The van der Waals surface area contributed by atoms with Gasteiger partial charge in [0, 0.05) is 7.05 Å². The second kappa shape index (κ2) is 7.03. The van der Waals surface area contributed by atoms with Gasteiger partial charge in [0.15, 0.2) is 9.84 Å².